The van der Waals surface area contributed by atoms with Crippen molar-refractivity contribution in [3.63, 3.8) is 0 Å². The summed E-state index contributed by atoms with van der Waals surface area (Å²) in [6.07, 6.45) is 5.73. The van der Waals surface area contributed by atoms with Crippen LogP contribution in [0.4, 0.5) is 0 Å². The van der Waals surface area contributed by atoms with Crippen molar-refractivity contribution in [1.29, 1.82) is 5.26 Å². The maximum atomic E-state index is 8.91. The van der Waals surface area contributed by atoms with Crippen LogP contribution in [0.2, 0.25) is 0 Å². The first-order chi connectivity index (χ1) is 12.3. The van der Waals surface area contributed by atoms with E-state index in [1.54, 1.807) is 0 Å². The number of nitrogens with one attached hydrogen (secondary N) is 1. The summed E-state index contributed by atoms with van der Waals surface area (Å²) in [6, 6.07) is 19.0. The van der Waals surface area contributed by atoms with Crippen LogP contribution in [0.1, 0.15) is 27.9 Å². The Morgan fingerprint density at radius 2 is 1.92 bits per heavy atom. The van der Waals surface area contributed by atoms with Crippen molar-refractivity contribution < 1.29 is 0 Å². The Balaban J connectivity index is 1.46. The lowest BCUT2D eigenvalue weighted by Crippen LogP contribution is -2.38. The summed E-state index contributed by atoms with van der Waals surface area (Å²) < 4.78 is 2.24. The van der Waals surface area contributed by atoms with Crippen LogP contribution in [0.15, 0.2) is 61.1 Å². The van der Waals surface area contributed by atoms with Crippen molar-refractivity contribution in [3.8, 4) is 6.07 Å². The average Bonchev–Trinajstić information content (AvgIpc) is 3.09. The maximum Gasteiger partial charge on any atom is 0.0991 e. The number of rotatable bonds is 4. The lowest BCUT2D eigenvalue weighted by Gasteiger charge is -2.27. The summed E-state index contributed by atoms with van der Waals surface area (Å²) in [7, 11) is 0. The topological polar surface area (TPSA) is 53.6 Å². The molecule has 0 amide bonds. The molecule has 25 heavy (non-hydrogen) atoms. The van der Waals surface area contributed by atoms with Crippen molar-refractivity contribution in [2.75, 3.05) is 0 Å². The van der Waals surface area contributed by atoms with E-state index in [4.69, 9.17) is 5.26 Å². The van der Waals surface area contributed by atoms with Gasteiger partial charge in [0.15, 0.2) is 0 Å². The molecule has 0 spiro atoms. The smallest absolute Gasteiger partial charge is 0.0991 e. The third-order valence-corrected chi connectivity index (χ3v) is 4.85. The molecule has 3 aromatic rings. The van der Waals surface area contributed by atoms with Crippen molar-refractivity contribution in [2.24, 2.45) is 0 Å². The first-order valence-corrected chi connectivity index (χ1v) is 8.60. The molecule has 1 aliphatic heterocycles. The molecule has 0 aliphatic carbocycles. The zero-order valence-electron chi connectivity index (χ0n) is 14.0. The number of hydrogen-bond donors (Lipinski definition) is 1. The minimum atomic E-state index is 0.420. The normalized spacial score (nSPS) is 16.2. The van der Waals surface area contributed by atoms with E-state index in [0.717, 1.165) is 25.9 Å². The molecule has 1 aromatic heterocycles. The Bertz CT molecular complexity index is 902. The summed E-state index contributed by atoms with van der Waals surface area (Å²) in [5.74, 6) is 0. The average molecular weight is 328 g/mol. The van der Waals surface area contributed by atoms with Crippen LogP contribution in [0.25, 0.3) is 0 Å². The molecule has 2 aromatic carbocycles. The second-order valence-corrected chi connectivity index (χ2v) is 6.57. The highest BCUT2D eigenvalue weighted by Gasteiger charge is 2.18. The predicted octanol–water partition coefficient (Wildman–Crippen LogP) is 3.06. The highest BCUT2D eigenvalue weighted by atomic mass is 15.1. The second kappa shape index (κ2) is 6.92. The first kappa shape index (κ1) is 15.6. The summed E-state index contributed by atoms with van der Waals surface area (Å²) >= 11 is 0. The van der Waals surface area contributed by atoms with E-state index in [2.05, 4.69) is 45.2 Å². The number of fused-ring (bicyclic) bond motifs is 1. The number of nitrogens with zero attached hydrogens (tertiary/aromatic N) is 3. The number of benzene rings is 2. The molecule has 0 saturated heterocycles. The van der Waals surface area contributed by atoms with Gasteiger partial charge in [-0.3, -0.25) is 0 Å². The minimum absolute atomic E-state index is 0.420. The summed E-state index contributed by atoms with van der Waals surface area (Å²) in [6.45, 7) is 1.85. The van der Waals surface area contributed by atoms with Crippen LogP contribution in [0.3, 0.4) is 0 Å². The van der Waals surface area contributed by atoms with Crippen molar-refractivity contribution >= 4 is 0 Å². The van der Waals surface area contributed by atoms with E-state index in [-0.39, 0.29) is 0 Å². The second-order valence-electron chi connectivity index (χ2n) is 6.57. The van der Waals surface area contributed by atoms with Gasteiger partial charge < -0.3 is 9.88 Å². The van der Waals surface area contributed by atoms with Crippen molar-refractivity contribution in [1.82, 2.24) is 14.9 Å². The lowest BCUT2D eigenvalue weighted by molar-refractivity contribution is 0.418. The molecule has 1 unspecified atom stereocenters. The molecule has 4 nitrogen and oxygen atoms in total. The highest BCUT2D eigenvalue weighted by molar-refractivity contribution is 5.33. The first-order valence-electron chi connectivity index (χ1n) is 8.60. The van der Waals surface area contributed by atoms with Crippen molar-refractivity contribution in [2.45, 2.75) is 32.0 Å². The molecule has 0 bridgehead atoms. The van der Waals surface area contributed by atoms with E-state index in [0.29, 0.717) is 11.6 Å². The van der Waals surface area contributed by atoms with Gasteiger partial charge in [-0.1, -0.05) is 36.4 Å². The van der Waals surface area contributed by atoms with E-state index < -0.39 is 0 Å². The van der Waals surface area contributed by atoms with Gasteiger partial charge in [-0.15, -0.1) is 0 Å². The molecule has 124 valence electrons. The van der Waals surface area contributed by atoms with Gasteiger partial charge in [0, 0.05) is 37.4 Å². The van der Waals surface area contributed by atoms with Gasteiger partial charge >= 0.3 is 0 Å². The molecule has 1 N–H and O–H groups in total. The monoisotopic (exact) mass is 328 g/mol. The number of hydrogen-bond acceptors (Lipinski definition) is 3. The summed E-state index contributed by atoms with van der Waals surface area (Å²) in [4.78, 5) is 4.34. The maximum absolute atomic E-state index is 8.91. The predicted molar refractivity (Wildman–Crippen MR) is 97.0 cm³/mol. The van der Waals surface area contributed by atoms with E-state index in [1.165, 1.54) is 22.4 Å². The molecule has 0 fully saturated rings. The molecular formula is C21H20N4. The quantitative estimate of drug-likeness (QED) is 0.801. The number of aromatic nitrogens is 2. The third-order valence-electron chi connectivity index (χ3n) is 4.85. The molecule has 0 radical (unpaired) electrons. The van der Waals surface area contributed by atoms with Gasteiger partial charge in [-0.05, 0) is 35.2 Å². The SMILES string of the molecule is N#Cc1ccc(Cc2cncn2CC2Cc3ccccc3CN2)cc1. The van der Waals surface area contributed by atoms with E-state index in [9.17, 15) is 0 Å². The Hall–Kier alpha value is -2.90. The van der Waals surface area contributed by atoms with Gasteiger partial charge in [0.2, 0.25) is 0 Å². The van der Waals surface area contributed by atoms with Crippen LogP contribution in [-0.2, 0) is 25.9 Å². The molecule has 0 saturated carbocycles. The van der Waals surface area contributed by atoms with Crippen LogP contribution >= 0.6 is 0 Å². The van der Waals surface area contributed by atoms with Gasteiger partial charge in [-0.2, -0.15) is 5.26 Å². The minimum Gasteiger partial charge on any atom is -0.333 e. The zero-order valence-corrected chi connectivity index (χ0v) is 14.0. The van der Waals surface area contributed by atoms with Crippen LogP contribution in [0.5, 0.6) is 0 Å². The molecule has 1 atom stereocenters. The summed E-state index contributed by atoms with van der Waals surface area (Å²) in [5, 5.41) is 12.5. The highest BCUT2D eigenvalue weighted by Crippen LogP contribution is 2.18. The Morgan fingerprint density at radius 1 is 1.12 bits per heavy atom. The standard InChI is InChI=1S/C21H20N4/c22-11-17-7-5-16(6-8-17)9-21-13-23-15-25(21)14-20-10-18-3-1-2-4-19(18)12-24-20/h1-8,13,15,20,24H,9-10,12,14H2. The lowest BCUT2D eigenvalue weighted by atomic mass is 9.96. The number of nitriles is 1. The molecule has 4 heteroatoms. The molecule has 1 aliphatic rings. The van der Waals surface area contributed by atoms with Gasteiger partial charge in [0.1, 0.15) is 0 Å². The molecule has 2 heterocycles. The largest absolute Gasteiger partial charge is 0.333 e. The van der Waals surface area contributed by atoms with Gasteiger partial charge in [0.25, 0.3) is 0 Å². The fourth-order valence-electron chi connectivity index (χ4n) is 3.45. The number of imidazole rings is 1. The Labute approximate surface area is 147 Å². The van der Waals surface area contributed by atoms with Crippen LogP contribution in [0, 0.1) is 11.3 Å². The fourth-order valence-corrected chi connectivity index (χ4v) is 3.45. The van der Waals surface area contributed by atoms with Crippen molar-refractivity contribution in [3.05, 3.63) is 89.0 Å². The van der Waals surface area contributed by atoms with E-state index >= 15 is 0 Å². The third kappa shape index (κ3) is 3.47. The Kier molecular flexibility index (Phi) is 4.32. The molecular weight excluding hydrogens is 308 g/mol. The summed E-state index contributed by atoms with van der Waals surface area (Å²) in [5.41, 5.74) is 5.94. The van der Waals surface area contributed by atoms with Gasteiger partial charge in [0.05, 0.1) is 18.0 Å². The van der Waals surface area contributed by atoms with Crippen LogP contribution in [-0.4, -0.2) is 15.6 Å². The van der Waals surface area contributed by atoms with E-state index in [1.807, 2.05) is 36.8 Å². The molecule has 4 rings (SSSR count). The van der Waals surface area contributed by atoms with Gasteiger partial charge in [-0.25, -0.2) is 4.98 Å². The zero-order chi connectivity index (χ0) is 17.1. The van der Waals surface area contributed by atoms with Crippen LogP contribution < -0.4 is 5.32 Å². The fraction of sp³-hybridized carbons (Fsp3) is 0.238. The Morgan fingerprint density at radius 3 is 2.72 bits per heavy atom.